The van der Waals surface area contributed by atoms with Crippen LogP contribution in [0, 0.1) is 0 Å². The van der Waals surface area contributed by atoms with E-state index in [1.165, 1.54) is 21.5 Å². The summed E-state index contributed by atoms with van der Waals surface area (Å²) in [5.41, 5.74) is -0.359. The van der Waals surface area contributed by atoms with Crippen LogP contribution < -0.4 is 11.0 Å². The monoisotopic (exact) mass is 369 g/mol. The third kappa shape index (κ3) is 2.66. The van der Waals surface area contributed by atoms with Gasteiger partial charge in [0.15, 0.2) is 17.1 Å². The molecule has 0 aliphatic heterocycles. The molecule has 0 amide bonds. The van der Waals surface area contributed by atoms with Gasteiger partial charge in [-0.3, -0.25) is 9.59 Å². The Balaban J connectivity index is 1.88. The van der Waals surface area contributed by atoms with Crippen LogP contribution in [0.25, 0.3) is 16.9 Å². The van der Waals surface area contributed by atoms with Crippen LogP contribution in [0.15, 0.2) is 58.8 Å². The van der Waals surface area contributed by atoms with Gasteiger partial charge in [-0.15, -0.1) is 10.2 Å². The second kappa shape index (κ2) is 6.16. The van der Waals surface area contributed by atoms with E-state index in [-0.39, 0.29) is 23.4 Å². The van der Waals surface area contributed by atoms with Crippen molar-refractivity contribution in [3.05, 3.63) is 80.3 Å². The van der Waals surface area contributed by atoms with E-state index in [4.69, 9.17) is 11.6 Å². The van der Waals surface area contributed by atoms with Gasteiger partial charge in [0, 0.05) is 23.6 Å². The number of nitrogens with one attached hydrogen (secondary N) is 1. The highest BCUT2D eigenvalue weighted by atomic mass is 35.5. The first-order chi connectivity index (χ1) is 12.5. The van der Waals surface area contributed by atoms with Crippen LogP contribution in [0.3, 0.4) is 0 Å². The molecular formula is C17H12ClN5O3. The van der Waals surface area contributed by atoms with E-state index in [1.807, 2.05) is 6.07 Å². The molecule has 0 radical (unpaired) electrons. The van der Waals surface area contributed by atoms with Gasteiger partial charge in [0.05, 0.1) is 12.1 Å². The summed E-state index contributed by atoms with van der Waals surface area (Å²) in [6.07, 6.45) is 5.91. The normalized spacial score (nSPS) is 11.1. The van der Waals surface area contributed by atoms with Crippen LogP contribution in [0.5, 0.6) is 5.75 Å². The van der Waals surface area contributed by atoms with Crippen molar-refractivity contribution < 1.29 is 5.11 Å². The Hall–Kier alpha value is -3.39. The molecule has 0 aliphatic carbocycles. The highest BCUT2D eigenvalue weighted by Crippen LogP contribution is 2.17. The van der Waals surface area contributed by atoms with E-state index in [0.717, 1.165) is 5.56 Å². The molecule has 0 unspecified atom stereocenters. The van der Waals surface area contributed by atoms with Crippen LogP contribution in [0.1, 0.15) is 5.56 Å². The number of aromatic nitrogens is 5. The molecule has 0 saturated heterocycles. The summed E-state index contributed by atoms with van der Waals surface area (Å²) in [4.78, 5) is 27.9. The fraction of sp³-hybridized carbons (Fsp3) is 0.0588. The van der Waals surface area contributed by atoms with Gasteiger partial charge in [0.2, 0.25) is 5.43 Å². The molecule has 0 atom stereocenters. The number of H-pyrrole nitrogens is 1. The number of aromatic amines is 1. The molecule has 3 heterocycles. The lowest BCUT2D eigenvalue weighted by atomic mass is 10.2. The van der Waals surface area contributed by atoms with Crippen molar-refractivity contribution in [1.29, 1.82) is 0 Å². The van der Waals surface area contributed by atoms with Crippen LogP contribution in [0.4, 0.5) is 0 Å². The molecule has 0 bridgehead atoms. The summed E-state index contributed by atoms with van der Waals surface area (Å²) in [5.74, 6) is -0.424. The number of pyridine rings is 1. The lowest BCUT2D eigenvalue weighted by molar-refractivity contribution is 0.472. The Kier molecular flexibility index (Phi) is 3.81. The molecule has 4 aromatic rings. The zero-order valence-corrected chi connectivity index (χ0v) is 14.0. The predicted molar refractivity (Wildman–Crippen MR) is 95.5 cm³/mol. The average molecular weight is 370 g/mol. The van der Waals surface area contributed by atoms with Gasteiger partial charge in [-0.1, -0.05) is 23.7 Å². The second-order valence-corrected chi connectivity index (χ2v) is 6.11. The highest BCUT2D eigenvalue weighted by molar-refractivity contribution is 6.30. The summed E-state index contributed by atoms with van der Waals surface area (Å²) >= 11 is 5.97. The number of aromatic hydroxyl groups is 1. The molecule has 0 saturated carbocycles. The van der Waals surface area contributed by atoms with Crippen LogP contribution in [0.2, 0.25) is 5.02 Å². The van der Waals surface area contributed by atoms with Gasteiger partial charge in [0.1, 0.15) is 6.33 Å². The summed E-state index contributed by atoms with van der Waals surface area (Å²) in [6.45, 7) is 0.257. The minimum Gasteiger partial charge on any atom is -0.503 e. The molecule has 9 heteroatoms. The van der Waals surface area contributed by atoms with Gasteiger partial charge in [-0.25, -0.2) is 0 Å². The fourth-order valence-corrected chi connectivity index (χ4v) is 2.98. The zero-order valence-electron chi connectivity index (χ0n) is 13.3. The lowest BCUT2D eigenvalue weighted by Gasteiger charge is -2.10. The zero-order chi connectivity index (χ0) is 18.3. The SMILES string of the molecule is O=c1c(-c2nnc[nH]2)cn2ccn(Cc3cccc(Cl)c3)c(=O)c2c1O. The third-order valence-corrected chi connectivity index (χ3v) is 4.23. The number of hydrogen-bond donors (Lipinski definition) is 2. The van der Waals surface area contributed by atoms with Crippen LogP contribution in [-0.4, -0.2) is 29.3 Å². The summed E-state index contributed by atoms with van der Waals surface area (Å²) in [7, 11) is 0. The van der Waals surface area contributed by atoms with Crippen molar-refractivity contribution in [3.63, 3.8) is 0 Å². The Morgan fingerprint density at radius 3 is 2.81 bits per heavy atom. The molecule has 26 heavy (non-hydrogen) atoms. The average Bonchev–Trinajstić information content (AvgIpc) is 3.14. The number of fused-ring (bicyclic) bond motifs is 1. The van der Waals surface area contributed by atoms with Crippen molar-refractivity contribution in [3.8, 4) is 17.1 Å². The maximum Gasteiger partial charge on any atom is 0.279 e. The molecule has 3 aromatic heterocycles. The van der Waals surface area contributed by atoms with Gasteiger partial charge >= 0.3 is 0 Å². The maximum atomic E-state index is 12.8. The third-order valence-electron chi connectivity index (χ3n) is 3.99. The van der Waals surface area contributed by atoms with Crippen LogP contribution in [-0.2, 0) is 6.54 Å². The smallest absolute Gasteiger partial charge is 0.279 e. The van der Waals surface area contributed by atoms with Crippen LogP contribution >= 0.6 is 11.6 Å². The number of halogens is 1. The fourth-order valence-electron chi connectivity index (χ4n) is 2.77. The van der Waals surface area contributed by atoms with Gasteiger partial charge in [-0.2, -0.15) is 0 Å². The van der Waals surface area contributed by atoms with Crippen molar-refractivity contribution in [1.82, 2.24) is 24.1 Å². The van der Waals surface area contributed by atoms with Crippen molar-refractivity contribution in [2.24, 2.45) is 0 Å². The molecule has 8 nitrogen and oxygen atoms in total. The summed E-state index contributed by atoms with van der Waals surface area (Å²) in [5, 5.41) is 18.3. The summed E-state index contributed by atoms with van der Waals surface area (Å²) in [6, 6.07) is 7.11. The Morgan fingerprint density at radius 2 is 2.08 bits per heavy atom. The summed E-state index contributed by atoms with van der Waals surface area (Å²) < 4.78 is 2.79. The standard InChI is InChI=1S/C17H12ClN5O3/c18-11-3-1-2-10(6-11)7-23-5-4-22-8-12(16-19-9-20-21-16)14(24)15(25)13(22)17(23)26/h1-6,8-9,25H,7H2,(H,19,20,21). The van der Waals surface area contributed by atoms with Crippen molar-refractivity contribution in [2.75, 3.05) is 0 Å². The first-order valence-electron chi connectivity index (χ1n) is 7.63. The topological polar surface area (TPSA) is 105 Å². The number of benzene rings is 1. The quantitative estimate of drug-likeness (QED) is 0.571. The molecule has 0 fully saturated rings. The molecule has 4 rings (SSSR count). The van der Waals surface area contributed by atoms with Gasteiger partial charge in [0.25, 0.3) is 5.56 Å². The highest BCUT2D eigenvalue weighted by Gasteiger charge is 2.17. The van der Waals surface area contributed by atoms with Crippen molar-refractivity contribution >= 4 is 17.1 Å². The van der Waals surface area contributed by atoms with E-state index >= 15 is 0 Å². The number of hydrogen-bond acceptors (Lipinski definition) is 5. The molecule has 130 valence electrons. The maximum absolute atomic E-state index is 12.8. The number of nitrogens with zero attached hydrogens (tertiary/aromatic N) is 4. The largest absolute Gasteiger partial charge is 0.503 e. The first kappa shape index (κ1) is 16.1. The predicted octanol–water partition coefficient (Wildman–Crippen LogP) is 1.65. The van der Waals surface area contributed by atoms with Gasteiger partial charge in [-0.05, 0) is 17.7 Å². The minimum absolute atomic E-state index is 0.109. The molecular weight excluding hydrogens is 358 g/mol. The molecule has 0 spiro atoms. The molecule has 2 N–H and O–H groups in total. The Bertz CT molecular complexity index is 1230. The molecule has 0 aliphatic rings. The molecule has 1 aromatic carbocycles. The van der Waals surface area contributed by atoms with E-state index in [2.05, 4.69) is 15.2 Å². The van der Waals surface area contributed by atoms with Gasteiger partial charge < -0.3 is 19.1 Å². The Labute approximate surface area is 151 Å². The van der Waals surface area contributed by atoms with E-state index in [0.29, 0.717) is 5.02 Å². The second-order valence-electron chi connectivity index (χ2n) is 5.68. The first-order valence-corrected chi connectivity index (χ1v) is 8.00. The van der Waals surface area contributed by atoms with Crippen molar-refractivity contribution in [2.45, 2.75) is 6.54 Å². The number of rotatable bonds is 3. The lowest BCUT2D eigenvalue weighted by Crippen LogP contribution is -2.24. The van der Waals surface area contributed by atoms with E-state index in [1.54, 1.807) is 30.6 Å². The Morgan fingerprint density at radius 1 is 1.23 bits per heavy atom. The van der Waals surface area contributed by atoms with E-state index in [9.17, 15) is 14.7 Å². The van der Waals surface area contributed by atoms with E-state index < -0.39 is 16.7 Å². The minimum atomic E-state index is -0.695.